The summed E-state index contributed by atoms with van der Waals surface area (Å²) in [5.41, 5.74) is -1.39. The van der Waals surface area contributed by atoms with E-state index in [0.29, 0.717) is 0 Å². The predicted octanol–water partition coefficient (Wildman–Crippen LogP) is 3.11. The molecule has 0 saturated heterocycles. The fraction of sp³-hybridized carbons (Fsp3) is 0.250. The Morgan fingerprint density at radius 1 is 1.60 bits per heavy atom. The van der Waals surface area contributed by atoms with E-state index in [4.69, 9.17) is 28.3 Å². The zero-order valence-electron chi connectivity index (χ0n) is 7.18. The molecule has 0 saturated carbocycles. The van der Waals surface area contributed by atoms with Crippen LogP contribution in [0.25, 0.3) is 0 Å². The summed E-state index contributed by atoms with van der Waals surface area (Å²) < 4.78 is 24.9. The zero-order chi connectivity index (χ0) is 11.6. The van der Waals surface area contributed by atoms with Crippen LogP contribution in [0.3, 0.4) is 0 Å². The monoisotopic (exact) mass is 255 g/mol. The molecule has 1 aromatic heterocycles. The standard InChI is InChI=1S/C8H5Cl2F2NO2/c9-2-3-1-4(10)5(7(11)12)6(13-3)8(14)15/h1,7H,2H2,(H,14,15). The summed E-state index contributed by atoms with van der Waals surface area (Å²) in [6.45, 7) is 0. The van der Waals surface area contributed by atoms with Crippen LogP contribution in [0.2, 0.25) is 5.02 Å². The topological polar surface area (TPSA) is 50.2 Å². The van der Waals surface area contributed by atoms with Gasteiger partial charge in [-0.1, -0.05) is 11.6 Å². The first kappa shape index (κ1) is 12.1. The highest BCUT2D eigenvalue weighted by Crippen LogP contribution is 2.30. The fourth-order valence-electron chi connectivity index (χ4n) is 1.01. The number of aromatic carboxylic acids is 1. The van der Waals surface area contributed by atoms with Crippen LogP contribution in [0, 0.1) is 0 Å². The first-order chi connectivity index (χ1) is 6.97. The first-order valence-electron chi connectivity index (χ1n) is 3.74. The molecule has 0 aliphatic heterocycles. The third-order valence-electron chi connectivity index (χ3n) is 1.62. The molecule has 15 heavy (non-hydrogen) atoms. The van der Waals surface area contributed by atoms with Crippen molar-refractivity contribution < 1.29 is 18.7 Å². The second kappa shape index (κ2) is 4.72. The van der Waals surface area contributed by atoms with Gasteiger partial charge in [-0.05, 0) is 6.07 Å². The largest absolute Gasteiger partial charge is 0.476 e. The van der Waals surface area contributed by atoms with Crippen molar-refractivity contribution in [3.05, 3.63) is 28.0 Å². The number of pyridine rings is 1. The van der Waals surface area contributed by atoms with E-state index in [2.05, 4.69) is 4.98 Å². The summed E-state index contributed by atoms with van der Waals surface area (Å²) in [7, 11) is 0. The highest BCUT2D eigenvalue weighted by molar-refractivity contribution is 6.32. The van der Waals surface area contributed by atoms with E-state index in [-0.39, 0.29) is 16.6 Å². The number of carbonyl (C=O) groups is 1. The lowest BCUT2D eigenvalue weighted by Crippen LogP contribution is -2.08. The first-order valence-corrected chi connectivity index (χ1v) is 4.65. The Kier molecular flexibility index (Phi) is 3.82. The van der Waals surface area contributed by atoms with Gasteiger partial charge in [0.05, 0.1) is 22.2 Å². The summed E-state index contributed by atoms with van der Waals surface area (Å²) >= 11 is 10.9. The Balaban J connectivity index is 3.42. The van der Waals surface area contributed by atoms with Crippen LogP contribution in [-0.4, -0.2) is 16.1 Å². The van der Waals surface area contributed by atoms with Gasteiger partial charge in [0.15, 0.2) is 5.69 Å². The number of carboxylic acids is 1. The Hall–Kier alpha value is -0.940. The SMILES string of the molecule is O=C(O)c1nc(CCl)cc(Cl)c1C(F)F. The van der Waals surface area contributed by atoms with Gasteiger partial charge in [0.2, 0.25) is 0 Å². The van der Waals surface area contributed by atoms with Gasteiger partial charge in [0.1, 0.15) is 0 Å². The molecule has 0 aliphatic rings. The van der Waals surface area contributed by atoms with Crippen LogP contribution in [-0.2, 0) is 5.88 Å². The maximum Gasteiger partial charge on any atom is 0.355 e. The smallest absolute Gasteiger partial charge is 0.355 e. The van der Waals surface area contributed by atoms with Crippen molar-refractivity contribution >= 4 is 29.2 Å². The molecular weight excluding hydrogens is 251 g/mol. The maximum absolute atomic E-state index is 12.5. The van der Waals surface area contributed by atoms with Crippen molar-refractivity contribution in [2.24, 2.45) is 0 Å². The lowest BCUT2D eigenvalue weighted by molar-refractivity contribution is 0.0677. The average molecular weight is 256 g/mol. The van der Waals surface area contributed by atoms with Crippen molar-refractivity contribution in [2.45, 2.75) is 12.3 Å². The van der Waals surface area contributed by atoms with Crippen molar-refractivity contribution in [2.75, 3.05) is 0 Å². The van der Waals surface area contributed by atoms with E-state index < -0.39 is 23.7 Å². The molecule has 82 valence electrons. The molecule has 1 aromatic rings. The van der Waals surface area contributed by atoms with Crippen molar-refractivity contribution in [3.8, 4) is 0 Å². The molecule has 0 aromatic carbocycles. The summed E-state index contributed by atoms with van der Waals surface area (Å²) in [6, 6.07) is 1.13. The van der Waals surface area contributed by atoms with E-state index in [0.717, 1.165) is 6.07 Å². The molecule has 0 spiro atoms. The van der Waals surface area contributed by atoms with Gasteiger partial charge < -0.3 is 5.11 Å². The van der Waals surface area contributed by atoms with Crippen LogP contribution in [0.4, 0.5) is 8.78 Å². The van der Waals surface area contributed by atoms with Gasteiger partial charge in [-0.2, -0.15) is 0 Å². The van der Waals surface area contributed by atoms with Gasteiger partial charge in [0, 0.05) is 0 Å². The second-order valence-electron chi connectivity index (χ2n) is 2.60. The molecule has 0 radical (unpaired) electrons. The molecule has 0 bridgehead atoms. The van der Waals surface area contributed by atoms with E-state index in [1.807, 2.05) is 0 Å². The lowest BCUT2D eigenvalue weighted by atomic mass is 10.2. The van der Waals surface area contributed by atoms with Crippen molar-refractivity contribution in [1.82, 2.24) is 4.98 Å². The highest BCUT2D eigenvalue weighted by Gasteiger charge is 2.23. The number of hydrogen-bond donors (Lipinski definition) is 1. The van der Waals surface area contributed by atoms with Gasteiger partial charge in [-0.15, -0.1) is 11.6 Å². The Morgan fingerprint density at radius 3 is 2.60 bits per heavy atom. The Morgan fingerprint density at radius 2 is 2.20 bits per heavy atom. The molecule has 3 nitrogen and oxygen atoms in total. The lowest BCUT2D eigenvalue weighted by Gasteiger charge is -2.08. The van der Waals surface area contributed by atoms with Gasteiger partial charge in [0.25, 0.3) is 6.43 Å². The molecule has 7 heteroatoms. The van der Waals surface area contributed by atoms with E-state index in [9.17, 15) is 13.6 Å². The number of alkyl halides is 3. The summed E-state index contributed by atoms with van der Waals surface area (Å²) in [4.78, 5) is 14.1. The molecular formula is C8H5Cl2F2NO2. The van der Waals surface area contributed by atoms with Crippen LogP contribution in [0.5, 0.6) is 0 Å². The van der Waals surface area contributed by atoms with Crippen LogP contribution < -0.4 is 0 Å². The molecule has 0 aliphatic carbocycles. The number of aromatic nitrogens is 1. The van der Waals surface area contributed by atoms with Crippen molar-refractivity contribution in [3.63, 3.8) is 0 Å². The summed E-state index contributed by atoms with van der Waals surface area (Å²) in [5, 5.41) is 8.32. The number of halogens is 4. The molecule has 0 unspecified atom stereocenters. The molecule has 1 rings (SSSR count). The number of nitrogens with zero attached hydrogens (tertiary/aromatic N) is 1. The van der Waals surface area contributed by atoms with Crippen LogP contribution in [0.1, 0.15) is 28.2 Å². The minimum Gasteiger partial charge on any atom is -0.476 e. The Labute approximate surface area is 93.6 Å². The van der Waals surface area contributed by atoms with E-state index in [1.54, 1.807) is 0 Å². The minimum atomic E-state index is -2.99. The quantitative estimate of drug-likeness (QED) is 0.845. The minimum absolute atomic E-state index is 0.0937. The van der Waals surface area contributed by atoms with Gasteiger partial charge in [-0.3, -0.25) is 0 Å². The van der Waals surface area contributed by atoms with E-state index >= 15 is 0 Å². The molecule has 1 heterocycles. The van der Waals surface area contributed by atoms with Crippen LogP contribution in [0.15, 0.2) is 6.07 Å². The van der Waals surface area contributed by atoms with E-state index in [1.165, 1.54) is 0 Å². The molecule has 0 amide bonds. The third kappa shape index (κ3) is 2.54. The third-order valence-corrected chi connectivity index (χ3v) is 2.21. The van der Waals surface area contributed by atoms with Crippen molar-refractivity contribution in [1.29, 1.82) is 0 Å². The second-order valence-corrected chi connectivity index (χ2v) is 3.27. The maximum atomic E-state index is 12.5. The predicted molar refractivity (Wildman–Crippen MR) is 50.7 cm³/mol. The number of hydrogen-bond acceptors (Lipinski definition) is 2. The normalized spacial score (nSPS) is 10.7. The summed E-state index contributed by atoms with van der Waals surface area (Å²) in [5.74, 6) is -1.65. The fourth-order valence-corrected chi connectivity index (χ4v) is 1.45. The van der Waals surface area contributed by atoms with Crippen LogP contribution >= 0.6 is 23.2 Å². The average Bonchev–Trinajstić information content (AvgIpc) is 2.15. The number of carboxylic acid groups (broad SMARTS) is 1. The summed E-state index contributed by atoms with van der Waals surface area (Å²) in [6.07, 6.45) is -2.99. The van der Waals surface area contributed by atoms with Gasteiger partial charge in [-0.25, -0.2) is 18.6 Å². The molecule has 0 fully saturated rings. The molecule has 0 atom stereocenters. The highest BCUT2D eigenvalue weighted by atomic mass is 35.5. The zero-order valence-corrected chi connectivity index (χ0v) is 8.69. The number of rotatable bonds is 3. The Bertz CT molecular complexity index is 398. The van der Waals surface area contributed by atoms with Gasteiger partial charge >= 0.3 is 5.97 Å². The molecule has 1 N–H and O–H groups in total.